The van der Waals surface area contributed by atoms with Gasteiger partial charge in [-0.3, -0.25) is 4.40 Å². The Bertz CT molecular complexity index is 563. The summed E-state index contributed by atoms with van der Waals surface area (Å²) in [4.78, 5) is 2.47. The van der Waals surface area contributed by atoms with Crippen molar-refractivity contribution in [3.8, 4) is 0 Å². The summed E-state index contributed by atoms with van der Waals surface area (Å²) in [6.45, 7) is 6.64. The largest absolute Gasteiger partial charge is 0.300 e. The summed E-state index contributed by atoms with van der Waals surface area (Å²) >= 11 is 6.25. The van der Waals surface area contributed by atoms with E-state index in [9.17, 15) is 0 Å². The summed E-state index contributed by atoms with van der Waals surface area (Å²) in [6, 6.07) is 6.32. The maximum Gasteiger partial charge on any atom is 0.161 e. The Labute approximate surface area is 112 Å². The molecule has 4 nitrogen and oxygen atoms in total. The first-order chi connectivity index (χ1) is 8.66. The molecule has 1 saturated heterocycles. The van der Waals surface area contributed by atoms with Gasteiger partial charge < -0.3 is 4.90 Å². The van der Waals surface area contributed by atoms with Crippen molar-refractivity contribution in [1.82, 2.24) is 19.5 Å². The fourth-order valence-electron chi connectivity index (χ4n) is 2.66. The molecule has 3 heterocycles. The highest BCUT2D eigenvalue weighted by Gasteiger charge is 2.29. The third-order valence-corrected chi connectivity index (χ3v) is 4.02. The van der Waals surface area contributed by atoms with Crippen LogP contribution in [0.3, 0.4) is 0 Å². The fraction of sp³-hybridized carbons (Fsp3) is 0.538. The summed E-state index contributed by atoms with van der Waals surface area (Å²) in [5.41, 5.74) is 0.834. The van der Waals surface area contributed by atoms with E-state index in [0.717, 1.165) is 31.0 Å². The molecule has 3 rings (SSSR count). The van der Waals surface area contributed by atoms with Gasteiger partial charge in [-0.15, -0.1) is 10.2 Å². The van der Waals surface area contributed by atoms with Crippen LogP contribution in [-0.2, 0) is 0 Å². The van der Waals surface area contributed by atoms with E-state index in [2.05, 4.69) is 28.9 Å². The molecule has 2 aromatic heterocycles. The molecule has 0 spiro atoms. The molecule has 0 N–H and O–H groups in total. The predicted octanol–water partition coefficient (Wildman–Crippen LogP) is 2.58. The van der Waals surface area contributed by atoms with E-state index >= 15 is 0 Å². The Hall–Kier alpha value is -1.13. The maximum atomic E-state index is 6.25. The first-order valence-corrected chi connectivity index (χ1v) is 6.78. The lowest BCUT2D eigenvalue weighted by Gasteiger charge is -2.19. The molecule has 5 heteroatoms. The van der Waals surface area contributed by atoms with Crippen LogP contribution in [0.4, 0.5) is 0 Å². The third-order valence-electron chi connectivity index (χ3n) is 3.72. The lowest BCUT2D eigenvalue weighted by Crippen LogP contribution is -2.28. The van der Waals surface area contributed by atoms with Crippen LogP contribution in [0, 0.1) is 0 Å². The smallest absolute Gasteiger partial charge is 0.161 e. The number of halogens is 1. The summed E-state index contributed by atoms with van der Waals surface area (Å²) in [5.74, 6) is 1.43. The highest BCUT2D eigenvalue weighted by molar-refractivity contribution is 6.29. The Kier molecular flexibility index (Phi) is 2.99. The van der Waals surface area contributed by atoms with Crippen LogP contribution < -0.4 is 0 Å². The minimum Gasteiger partial charge on any atom is -0.300 e. The Morgan fingerprint density at radius 1 is 1.33 bits per heavy atom. The molecule has 2 aromatic rings. The predicted molar refractivity (Wildman–Crippen MR) is 72.1 cm³/mol. The van der Waals surface area contributed by atoms with Crippen molar-refractivity contribution in [3.05, 3.63) is 29.2 Å². The number of hydrogen-bond donors (Lipinski definition) is 0. The SMILES string of the molecule is CC(C)N1CCC(c2nnc3cccc(Cl)n23)C1. The molecule has 0 bridgehead atoms. The molecule has 1 atom stereocenters. The number of pyridine rings is 1. The van der Waals surface area contributed by atoms with Crippen LogP contribution >= 0.6 is 11.6 Å². The third kappa shape index (κ3) is 1.89. The van der Waals surface area contributed by atoms with Gasteiger partial charge in [0.25, 0.3) is 0 Å². The van der Waals surface area contributed by atoms with E-state index in [0.29, 0.717) is 17.1 Å². The lowest BCUT2D eigenvalue weighted by atomic mass is 10.1. The second kappa shape index (κ2) is 4.52. The molecule has 0 radical (unpaired) electrons. The summed E-state index contributed by atoms with van der Waals surface area (Å²) < 4.78 is 1.97. The monoisotopic (exact) mass is 264 g/mol. The minimum absolute atomic E-state index is 0.433. The average Bonchev–Trinajstić information content (AvgIpc) is 2.94. The van der Waals surface area contributed by atoms with E-state index < -0.39 is 0 Å². The highest BCUT2D eigenvalue weighted by atomic mass is 35.5. The van der Waals surface area contributed by atoms with Crippen LogP contribution in [-0.4, -0.2) is 38.6 Å². The molecular formula is C13H17ClN4. The van der Waals surface area contributed by atoms with Crippen molar-refractivity contribution >= 4 is 17.2 Å². The van der Waals surface area contributed by atoms with E-state index in [1.807, 2.05) is 22.6 Å². The van der Waals surface area contributed by atoms with Crippen LogP contribution in [0.25, 0.3) is 5.65 Å². The van der Waals surface area contributed by atoms with Crippen molar-refractivity contribution < 1.29 is 0 Å². The second-order valence-corrected chi connectivity index (χ2v) is 5.56. The van der Waals surface area contributed by atoms with Gasteiger partial charge in [-0.2, -0.15) is 0 Å². The zero-order chi connectivity index (χ0) is 12.7. The van der Waals surface area contributed by atoms with Gasteiger partial charge in [-0.25, -0.2) is 0 Å². The van der Waals surface area contributed by atoms with Crippen LogP contribution in [0.1, 0.15) is 32.0 Å². The Morgan fingerprint density at radius 3 is 2.89 bits per heavy atom. The number of fused-ring (bicyclic) bond motifs is 1. The molecule has 0 saturated carbocycles. The number of hydrogen-bond acceptors (Lipinski definition) is 3. The first kappa shape index (κ1) is 11.9. The molecule has 18 heavy (non-hydrogen) atoms. The zero-order valence-corrected chi connectivity index (χ0v) is 11.4. The summed E-state index contributed by atoms with van der Waals surface area (Å²) in [6.07, 6.45) is 1.13. The number of likely N-dealkylation sites (tertiary alicyclic amines) is 1. The molecule has 96 valence electrons. The van der Waals surface area contributed by atoms with E-state index in [-0.39, 0.29) is 0 Å². The van der Waals surface area contributed by atoms with Gasteiger partial charge in [0, 0.05) is 18.5 Å². The molecule has 1 unspecified atom stereocenters. The summed E-state index contributed by atoms with van der Waals surface area (Å²) in [7, 11) is 0. The lowest BCUT2D eigenvalue weighted by molar-refractivity contribution is 0.271. The van der Waals surface area contributed by atoms with Gasteiger partial charge in [0.05, 0.1) is 0 Å². The van der Waals surface area contributed by atoms with Gasteiger partial charge >= 0.3 is 0 Å². The van der Waals surface area contributed by atoms with E-state index in [4.69, 9.17) is 11.6 Å². The van der Waals surface area contributed by atoms with Crippen molar-refractivity contribution in [3.63, 3.8) is 0 Å². The molecule has 0 amide bonds. The van der Waals surface area contributed by atoms with Crippen molar-refractivity contribution in [2.45, 2.75) is 32.2 Å². The van der Waals surface area contributed by atoms with Crippen molar-refractivity contribution in [2.75, 3.05) is 13.1 Å². The Balaban J connectivity index is 1.96. The molecular weight excluding hydrogens is 248 g/mol. The van der Waals surface area contributed by atoms with Crippen molar-refractivity contribution in [2.24, 2.45) is 0 Å². The Morgan fingerprint density at radius 2 is 2.17 bits per heavy atom. The van der Waals surface area contributed by atoms with Gasteiger partial charge in [-0.05, 0) is 38.9 Å². The molecule has 0 aliphatic carbocycles. The standard InChI is InChI=1S/C13H17ClN4/c1-9(2)17-7-6-10(8-17)13-16-15-12-5-3-4-11(14)18(12)13/h3-5,9-10H,6-8H2,1-2H3. The van der Waals surface area contributed by atoms with E-state index in [1.165, 1.54) is 0 Å². The quantitative estimate of drug-likeness (QED) is 0.782. The normalized spacial score (nSPS) is 21.2. The van der Waals surface area contributed by atoms with Crippen LogP contribution in [0.2, 0.25) is 5.15 Å². The first-order valence-electron chi connectivity index (χ1n) is 6.40. The van der Waals surface area contributed by atoms with E-state index in [1.54, 1.807) is 0 Å². The molecule has 1 fully saturated rings. The molecule has 1 aliphatic heterocycles. The average molecular weight is 265 g/mol. The van der Waals surface area contributed by atoms with Crippen molar-refractivity contribution in [1.29, 1.82) is 0 Å². The zero-order valence-electron chi connectivity index (χ0n) is 10.7. The number of aromatic nitrogens is 3. The fourth-order valence-corrected chi connectivity index (χ4v) is 2.90. The molecule has 0 aromatic carbocycles. The van der Waals surface area contributed by atoms with Gasteiger partial charge in [0.15, 0.2) is 5.65 Å². The second-order valence-electron chi connectivity index (χ2n) is 5.17. The molecule has 1 aliphatic rings. The minimum atomic E-state index is 0.433. The van der Waals surface area contributed by atoms with Crippen LogP contribution in [0.5, 0.6) is 0 Å². The summed E-state index contributed by atoms with van der Waals surface area (Å²) in [5, 5.41) is 9.23. The maximum absolute atomic E-state index is 6.25. The van der Waals surface area contributed by atoms with Gasteiger partial charge in [0.2, 0.25) is 0 Å². The highest BCUT2D eigenvalue weighted by Crippen LogP contribution is 2.28. The number of nitrogens with zero attached hydrogens (tertiary/aromatic N) is 4. The van der Waals surface area contributed by atoms with Crippen LogP contribution in [0.15, 0.2) is 18.2 Å². The van der Waals surface area contributed by atoms with Gasteiger partial charge in [0.1, 0.15) is 11.0 Å². The topological polar surface area (TPSA) is 33.4 Å². The van der Waals surface area contributed by atoms with Gasteiger partial charge in [-0.1, -0.05) is 17.7 Å². The number of rotatable bonds is 2.